The topological polar surface area (TPSA) is 66.4 Å². The molecule has 0 bridgehead atoms. The molecule has 0 saturated carbocycles. The molecule has 4 nitrogen and oxygen atoms in total. The zero-order chi connectivity index (χ0) is 16.4. The second kappa shape index (κ2) is 8.82. The van der Waals surface area contributed by atoms with Crippen LogP contribution in [-0.4, -0.2) is 23.5 Å². The SMILES string of the molecule is C=CC(C)(CCCCNC(=O)C=Cc1ccccc1)C(=O)O. The molecule has 1 amide bonds. The van der Waals surface area contributed by atoms with Crippen molar-refractivity contribution in [2.24, 2.45) is 5.41 Å². The van der Waals surface area contributed by atoms with Gasteiger partial charge < -0.3 is 10.4 Å². The van der Waals surface area contributed by atoms with Crippen molar-refractivity contribution < 1.29 is 14.7 Å². The summed E-state index contributed by atoms with van der Waals surface area (Å²) >= 11 is 0. The summed E-state index contributed by atoms with van der Waals surface area (Å²) < 4.78 is 0. The number of unbranched alkanes of at least 4 members (excludes halogenated alkanes) is 1. The van der Waals surface area contributed by atoms with Crippen LogP contribution in [0.4, 0.5) is 0 Å². The summed E-state index contributed by atoms with van der Waals surface area (Å²) in [6.07, 6.45) is 6.70. The van der Waals surface area contributed by atoms with Crippen LogP contribution in [0.3, 0.4) is 0 Å². The first-order valence-electron chi connectivity index (χ1n) is 7.36. The van der Waals surface area contributed by atoms with Gasteiger partial charge in [0, 0.05) is 12.6 Å². The summed E-state index contributed by atoms with van der Waals surface area (Å²) in [5.41, 5.74) is 0.0814. The Morgan fingerprint density at radius 1 is 1.27 bits per heavy atom. The van der Waals surface area contributed by atoms with Crippen molar-refractivity contribution in [3.63, 3.8) is 0 Å². The summed E-state index contributed by atoms with van der Waals surface area (Å²) in [7, 11) is 0. The largest absolute Gasteiger partial charge is 0.481 e. The molecule has 0 heterocycles. The number of rotatable bonds is 9. The van der Waals surface area contributed by atoms with Gasteiger partial charge in [0.25, 0.3) is 0 Å². The van der Waals surface area contributed by atoms with Gasteiger partial charge in [-0.2, -0.15) is 0 Å². The fraction of sp³-hybridized carbons (Fsp3) is 0.333. The van der Waals surface area contributed by atoms with Crippen molar-refractivity contribution >= 4 is 18.0 Å². The third kappa shape index (κ3) is 5.95. The number of hydrogen-bond acceptors (Lipinski definition) is 2. The molecule has 2 N–H and O–H groups in total. The first-order chi connectivity index (χ1) is 10.5. The van der Waals surface area contributed by atoms with Crippen molar-refractivity contribution in [1.82, 2.24) is 5.32 Å². The van der Waals surface area contributed by atoms with Crippen LogP contribution in [0.1, 0.15) is 31.7 Å². The van der Waals surface area contributed by atoms with Gasteiger partial charge in [-0.1, -0.05) is 42.8 Å². The Hall–Kier alpha value is -2.36. The molecule has 0 aliphatic carbocycles. The summed E-state index contributed by atoms with van der Waals surface area (Å²) in [4.78, 5) is 22.7. The van der Waals surface area contributed by atoms with Gasteiger partial charge in [-0.15, -0.1) is 6.58 Å². The summed E-state index contributed by atoms with van der Waals surface area (Å²) in [5, 5.41) is 11.9. The van der Waals surface area contributed by atoms with Crippen LogP contribution in [0.5, 0.6) is 0 Å². The van der Waals surface area contributed by atoms with Gasteiger partial charge in [-0.05, 0) is 31.4 Å². The third-order valence-corrected chi connectivity index (χ3v) is 3.59. The van der Waals surface area contributed by atoms with Crippen molar-refractivity contribution in [1.29, 1.82) is 0 Å². The number of nitrogens with one attached hydrogen (secondary N) is 1. The Balaban J connectivity index is 2.25. The first kappa shape index (κ1) is 17.7. The molecule has 0 aliphatic heterocycles. The predicted molar refractivity (Wildman–Crippen MR) is 88.3 cm³/mol. The van der Waals surface area contributed by atoms with E-state index in [1.165, 1.54) is 12.2 Å². The monoisotopic (exact) mass is 301 g/mol. The molecule has 0 aromatic heterocycles. The van der Waals surface area contributed by atoms with Crippen LogP contribution in [0.2, 0.25) is 0 Å². The minimum atomic E-state index is -0.892. The summed E-state index contributed by atoms with van der Waals surface area (Å²) in [5.74, 6) is -1.01. The van der Waals surface area contributed by atoms with Gasteiger partial charge in [-0.3, -0.25) is 9.59 Å². The third-order valence-electron chi connectivity index (χ3n) is 3.59. The van der Waals surface area contributed by atoms with Crippen LogP contribution < -0.4 is 5.32 Å². The molecular weight excluding hydrogens is 278 g/mol. The van der Waals surface area contributed by atoms with E-state index in [4.69, 9.17) is 5.11 Å². The van der Waals surface area contributed by atoms with Crippen LogP contribution in [0, 0.1) is 5.41 Å². The summed E-state index contributed by atoms with van der Waals surface area (Å²) in [6, 6.07) is 9.59. The first-order valence-corrected chi connectivity index (χ1v) is 7.36. The fourth-order valence-electron chi connectivity index (χ4n) is 1.92. The second-order valence-corrected chi connectivity index (χ2v) is 5.42. The maximum atomic E-state index is 11.6. The lowest BCUT2D eigenvalue weighted by Gasteiger charge is -2.19. The normalized spacial score (nSPS) is 13.5. The Labute approximate surface area is 131 Å². The number of benzene rings is 1. The molecule has 0 aliphatic rings. The number of carbonyl (C=O) groups is 2. The zero-order valence-electron chi connectivity index (χ0n) is 12.9. The van der Waals surface area contributed by atoms with E-state index in [-0.39, 0.29) is 5.91 Å². The molecule has 1 unspecified atom stereocenters. The maximum absolute atomic E-state index is 11.6. The van der Waals surface area contributed by atoms with Crippen molar-refractivity contribution in [3.8, 4) is 0 Å². The summed E-state index contributed by atoms with van der Waals surface area (Å²) in [6.45, 7) is 5.76. The Morgan fingerprint density at radius 2 is 1.95 bits per heavy atom. The minimum Gasteiger partial charge on any atom is -0.481 e. The molecule has 0 radical (unpaired) electrons. The Morgan fingerprint density at radius 3 is 2.55 bits per heavy atom. The molecule has 4 heteroatoms. The lowest BCUT2D eigenvalue weighted by atomic mass is 9.85. The molecule has 1 aromatic carbocycles. The number of aliphatic carboxylic acids is 1. The number of carboxylic acids is 1. The highest BCUT2D eigenvalue weighted by Crippen LogP contribution is 2.25. The van der Waals surface area contributed by atoms with E-state index >= 15 is 0 Å². The standard InChI is InChI=1S/C18H23NO3/c1-3-18(2,17(21)22)13-7-8-14-19-16(20)12-11-15-9-5-4-6-10-15/h3-6,9-12H,1,7-8,13-14H2,2H3,(H,19,20)(H,21,22). The van der Waals surface area contributed by atoms with E-state index in [9.17, 15) is 9.59 Å². The van der Waals surface area contributed by atoms with Gasteiger partial charge in [0.1, 0.15) is 0 Å². The van der Waals surface area contributed by atoms with Crippen LogP contribution in [0.15, 0.2) is 49.1 Å². The zero-order valence-corrected chi connectivity index (χ0v) is 12.9. The van der Waals surface area contributed by atoms with E-state index in [1.54, 1.807) is 13.0 Å². The molecule has 0 saturated heterocycles. The number of carbonyl (C=O) groups excluding carboxylic acids is 1. The average molecular weight is 301 g/mol. The highest BCUT2D eigenvalue weighted by Gasteiger charge is 2.28. The van der Waals surface area contributed by atoms with E-state index in [0.717, 1.165) is 18.4 Å². The number of amides is 1. The molecule has 1 atom stereocenters. The maximum Gasteiger partial charge on any atom is 0.313 e. The molecule has 0 fully saturated rings. The molecule has 1 rings (SSSR count). The number of carboxylic acid groups (broad SMARTS) is 1. The van der Waals surface area contributed by atoms with E-state index in [1.807, 2.05) is 30.3 Å². The minimum absolute atomic E-state index is 0.145. The van der Waals surface area contributed by atoms with Crippen molar-refractivity contribution in [2.75, 3.05) is 6.54 Å². The predicted octanol–water partition coefficient (Wildman–Crippen LogP) is 3.26. The Kier molecular flexibility index (Phi) is 7.09. The lowest BCUT2D eigenvalue weighted by molar-refractivity contribution is -0.145. The van der Waals surface area contributed by atoms with E-state index in [0.29, 0.717) is 13.0 Å². The smallest absolute Gasteiger partial charge is 0.313 e. The quantitative estimate of drug-likeness (QED) is 0.418. The molecule has 0 spiro atoms. The number of hydrogen-bond donors (Lipinski definition) is 2. The Bertz CT molecular complexity index is 537. The molecule has 22 heavy (non-hydrogen) atoms. The van der Waals surface area contributed by atoms with Crippen molar-refractivity contribution in [2.45, 2.75) is 26.2 Å². The van der Waals surface area contributed by atoms with Crippen LogP contribution >= 0.6 is 0 Å². The van der Waals surface area contributed by atoms with Gasteiger partial charge in [0.05, 0.1) is 5.41 Å². The van der Waals surface area contributed by atoms with E-state index in [2.05, 4.69) is 11.9 Å². The fourth-order valence-corrected chi connectivity index (χ4v) is 1.92. The lowest BCUT2D eigenvalue weighted by Crippen LogP contribution is -2.26. The highest BCUT2D eigenvalue weighted by molar-refractivity contribution is 5.91. The molecule has 118 valence electrons. The van der Waals surface area contributed by atoms with Crippen LogP contribution in [-0.2, 0) is 9.59 Å². The van der Waals surface area contributed by atoms with Crippen molar-refractivity contribution in [3.05, 3.63) is 54.6 Å². The second-order valence-electron chi connectivity index (χ2n) is 5.42. The average Bonchev–Trinajstić information content (AvgIpc) is 2.53. The van der Waals surface area contributed by atoms with E-state index < -0.39 is 11.4 Å². The highest BCUT2D eigenvalue weighted by atomic mass is 16.4. The van der Waals surface area contributed by atoms with Gasteiger partial charge in [0.2, 0.25) is 5.91 Å². The van der Waals surface area contributed by atoms with Crippen LogP contribution in [0.25, 0.3) is 6.08 Å². The molecule has 1 aromatic rings. The molecular formula is C18H23NO3. The van der Waals surface area contributed by atoms with Gasteiger partial charge >= 0.3 is 5.97 Å². The van der Waals surface area contributed by atoms with Gasteiger partial charge in [0.15, 0.2) is 0 Å². The van der Waals surface area contributed by atoms with Gasteiger partial charge in [-0.25, -0.2) is 0 Å².